The Balaban J connectivity index is 2.72. The molecule has 162 valence electrons. The average molecular weight is 536 g/mol. The van der Waals surface area contributed by atoms with E-state index in [4.69, 9.17) is 14.3 Å². The van der Waals surface area contributed by atoms with Gasteiger partial charge >= 0.3 is 12.1 Å². The molecule has 0 aliphatic carbocycles. The van der Waals surface area contributed by atoms with E-state index in [0.29, 0.717) is 18.7 Å². The minimum Gasteiger partial charge on any atom is -0.464 e. The number of nitrogens with zero attached hydrogens (tertiary/aromatic N) is 1. The summed E-state index contributed by atoms with van der Waals surface area (Å²) in [6, 6.07) is 8.80. The van der Waals surface area contributed by atoms with E-state index in [2.05, 4.69) is 42.3 Å². The zero-order valence-electron chi connectivity index (χ0n) is 17.1. The second kappa shape index (κ2) is 12.8. The molecular formula is C20H28Br2N2O5. The lowest BCUT2D eigenvalue weighted by Gasteiger charge is -2.23. The maximum absolute atomic E-state index is 12.2. The number of oxime groups is 1. The van der Waals surface area contributed by atoms with Crippen molar-refractivity contribution >= 4 is 49.6 Å². The molecule has 0 radical (unpaired) electrons. The number of benzene rings is 1. The summed E-state index contributed by atoms with van der Waals surface area (Å²) in [7, 11) is 0. The monoisotopic (exact) mass is 534 g/mol. The summed E-state index contributed by atoms with van der Waals surface area (Å²) in [6.45, 7) is 7.50. The van der Waals surface area contributed by atoms with Crippen molar-refractivity contribution in [3.8, 4) is 0 Å². The van der Waals surface area contributed by atoms with Crippen LogP contribution in [0.5, 0.6) is 0 Å². The minimum absolute atomic E-state index is 0.214. The molecule has 1 atom stereocenters. The molecule has 0 heterocycles. The van der Waals surface area contributed by atoms with Gasteiger partial charge in [0.25, 0.3) is 0 Å². The highest BCUT2D eigenvalue weighted by molar-refractivity contribution is 9.25. The van der Waals surface area contributed by atoms with Gasteiger partial charge in [0.15, 0.2) is 0 Å². The van der Waals surface area contributed by atoms with E-state index >= 15 is 0 Å². The van der Waals surface area contributed by atoms with Gasteiger partial charge in [-0.05, 0) is 46.1 Å². The average Bonchev–Trinajstić information content (AvgIpc) is 2.62. The second-order valence-corrected chi connectivity index (χ2v) is 10.2. The number of carbonyl (C=O) groups is 2. The van der Waals surface area contributed by atoms with Crippen molar-refractivity contribution in [2.24, 2.45) is 5.16 Å². The van der Waals surface area contributed by atoms with Crippen LogP contribution in [0, 0.1) is 0 Å². The molecule has 1 aromatic rings. The van der Waals surface area contributed by atoms with Crippen LogP contribution in [0.4, 0.5) is 4.79 Å². The van der Waals surface area contributed by atoms with Gasteiger partial charge in [-0.25, -0.2) is 9.59 Å². The van der Waals surface area contributed by atoms with Crippen LogP contribution >= 0.6 is 31.9 Å². The first-order valence-corrected chi connectivity index (χ1v) is 11.1. The number of halogens is 2. The molecule has 0 spiro atoms. The molecule has 1 N–H and O–H groups in total. The highest BCUT2D eigenvalue weighted by Gasteiger charge is 2.26. The van der Waals surface area contributed by atoms with E-state index in [0.717, 1.165) is 5.56 Å². The lowest BCUT2D eigenvalue weighted by molar-refractivity contribution is -0.145. The normalized spacial score (nSPS) is 13.0. The quantitative estimate of drug-likeness (QED) is 0.199. The lowest BCUT2D eigenvalue weighted by atomic mass is 10.1. The van der Waals surface area contributed by atoms with Gasteiger partial charge in [0.05, 0.1) is 12.3 Å². The number of esters is 1. The number of carbonyl (C=O) groups excluding carboxylic acids is 2. The van der Waals surface area contributed by atoms with Gasteiger partial charge in [0, 0.05) is 0 Å². The largest absolute Gasteiger partial charge is 0.464 e. The molecule has 1 amide bonds. The maximum Gasteiger partial charge on any atom is 0.408 e. The van der Waals surface area contributed by atoms with E-state index in [9.17, 15) is 9.59 Å². The summed E-state index contributed by atoms with van der Waals surface area (Å²) in [5.74, 6) is -0.524. The molecule has 29 heavy (non-hydrogen) atoms. The van der Waals surface area contributed by atoms with Crippen molar-refractivity contribution in [2.75, 3.05) is 6.61 Å². The van der Waals surface area contributed by atoms with Gasteiger partial charge in [-0.15, -0.1) is 0 Å². The Bertz CT molecular complexity index is 675. The van der Waals surface area contributed by atoms with Gasteiger partial charge in [0.2, 0.25) is 0 Å². The van der Waals surface area contributed by atoms with Crippen LogP contribution in [-0.2, 0) is 25.7 Å². The standard InChI is InChI=1S/C20H28Br2N2O5/c1-5-27-18(25)16(23-19(26)29-20(2,3)4)12-11-15(17(21)22)24-28-13-14-9-7-6-8-10-14/h6-10,16-17H,5,11-13H2,1-4H3,(H,23,26)/t16-/m0/s1. The molecule has 0 unspecified atom stereocenters. The molecule has 0 saturated heterocycles. The highest BCUT2D eigenvalue weighted by atomic mass is 79.9. The Labute approximate surface area is 188 Å². The van der Waals surface area contributed by atoms with Crippen LogP contribution in [0.2, 0.25) is 0 Å². The number of ether oxygens (including phenoxy) is 2. The first kappa shape index (κ1) is 25.4. The fourth-order valence-electron chi connectivity index (χ4n) is 2.19. The molecule has 0 fully saturated rings. The van der Waals surface area contributed by atoms with Gasteiger partial charge in [-0.3, -0.25) is 0 Å². The highest BCUT2D eigenvalue weighted by Crippen LogP contribution is 2.17. The van der Waals surface area contributed by atoms with Crippen LogP contribution < -0.4 is 5.32 Å². The molecule has 0 bridgehead atoms. The summed E-state index contributed by atoms with van der Waals surface area (Å²) in [6.07, 6.45) is -0.0160. The third-order valence-corrected chi connectivity index (χ3v) is 4.52. The molecule has 0 aliphatic rings. The third-order valence-electron chi connectivity index (χ3n) is 3.46. The number of nitrogens with one attached hydrogen (secondary N) is 1. The predicted octanol–water partition coefficient (Wildman–Crippen LogP) is 4.91. The van der Waals surface area contributed by atoms with Gasteiger partial charge in [-0.2, -0.15) is 0 Å². The van der Waals surface area contributed by atoms with Gasteiger partial charge in [-0.1, -0.05) is 67.3 Å². The molecule has 0 saturated carbocycles. The summed E-state index contributed by atoms with van der Waals surface area (Å²) in [5, 5.41) is 6.73. The minimum atomic E-state index is -0.858. The summed E-state index contributed by atoms with van der Waals surface area (Å²) in [4.78, 5) is 29.7. The maximum atomic E-state index is 12.2. The zero-order chi connectivity index (χ0) is 21.9. The summed E-state index contributed by atoms with van der Waals surface area (Å²) in [5.41, 5.74) is 0.964. The fraction of sp³-hybridized carbons (Fsp3) is 0.550. The number of rotatable bonds is 10. The molecular weight excluding hydrogens is 508 g/mol. The Hall–Kier alpha value is -1.61. The second-order valence-electron chi connectivity index (χ2n) is 7.13. The van der Waals surface area contributed by atoms with E-state index in [1.54, 1.807) is 27.7 Å². The summed E-state index contributed by atoms with van der Waals surface area (Å²) >= 11 is 6.83. The van der Waals surface area contributed by atoms with Crippen LogP contribution in [0.25, 0.3) is 0 Å². The van der Waals surface area contributed by atoms with E-state index in [-0.39, 0.29) is 16.8 Å². The Morgan fingerprint density at radius 1 is 1.17 bits per heavy atom. The number of hydrogen-bond acceptors (Lipinski definition) is 6. The number of alkyl carbamates (subject to hydrolysis) is 1. The van der Waals surface area contributed by atoms with Crippen molar-refractivity contribution in [2.45, 2.75) is 62.5 Å². The zero-order valence-corrected chi connectivity index (χ0v) is 20.3. The lowest BCUT2D eigenvalue weighted by Crippen LogP contribution is -2.44. The molecule has 1 aromatic carbocycles. The molecule has 0 aromatic heterocycles. The van der Waals surface area contributed by atoms with Crippen molar-refractivity contribution in [3.63, 3.8) is 0 Å². The van der Waals surface area contributed by atoms with Crippen molar-refractivity contribution in [1.29, 1.82) is 0 Å². The van der Waals surface area contributed by atoms with Crippen LogP contribution in [0.3, 0.4) is 0 Å². The third kappa shape index (κ3) is 11.2. The number of hydrogen-bond donors (Lipinski definition) is 1. The summed E-state index contributed by atoms with van der Waals surface area (Å²) < 4.78 is 10.1. The van der Waals surface area contributed by atoms with Crippen molar-refractivity contribution < 1.29 is 23.9 Å². The van der Waals surface area contributed by atoms with E-state index in [1.807, 2.05) is 30.3 Å². The molecule has 9 heteroatoms. The van der Waals surface area contributed by atoms with Crippen LogP contribution in [-0.4, -0.2) is 39.8 Å². The first-order valence-electron chi connectivity index (χ1n) is 9.29. The van der Waals surface area contributed by atoms with E-state index in [1.165, 1.54) is 0 Å². The molecule has 7 nitrogen and oxygen atoms in total. The number of alkyl halides is 2. The SMILES string of the molecule is CCOC(=O)[C@H](CCC(=NOCc1ccccc1)C(Br)Br)NC(=O)OC(C)(C)C. The fourth-order valence-corrected chi connectivity index (χ4v) is 2.82. The Morgan fingerprint density at radius 2 is 1.83 bits per heavy atom. The number of amides is 1. The Morgan fingerprint density at radius 3 is 2.38 bits per heavy atom. The van der Waals surface area contributed by atoms with Gasteiger partial charge < -0.3 is 19.6 Å². The smallest absolute Gasteiger partial charge is 0.408 e. The van der Waals surface area contributed by atoms with Crippen LogP contribution in [0.1, 0.15) is 46.1 Å². The topological polar surface area (TPSA) is 86.2 Å². The van der Waals surface area contributed by atoms with E-state index < -0.39 is 23.7 Å². The first-order chi connectivity index (χ1) is 13.6. The van der Waals surface area contributed by atoms with Crippen molar-refractivity contribution in [3.05, 3.63) is 35.9 Å². The predicted molar refractivity (Wildman–Crippen MR) is 119 cm³/mol. The molecule has 0 aliphatic heterocycles. The molecule has 1 rings (SSSR count). The Kier molecular flexibility index (Phi) is 11.3. The van der Waals surface area contributed by atoms with Crippen molar-refractivity contribution in [1.82, 2.24) is 5.32 Å². The van der Waals surface area contributed by atoms with Gasteiger partial charge in [0.1, 0.15) is 22.0 Å². The van der Waals surface area contributed by atoms with Crippen LogP contribution in [0.15, 0.2) is 35.5 Å².